The van der Waals surface area contributed by atoms with Crippen LogP contribution in [0.25, 0.3) is 0 Å². The first kappa shape index (κ1) is 14.9. The van der Waals surface area contributed by atoms with Gasteiger partial charge in [-0.2, -0.15) is 9.40 Å². The highest BCUT2D eigenvalue weighted by Crippen LogP contribution is 2.21. The van der Waals surface area contributed by atoms with Crippen molar-refractivity contribution in [3.8, 4) is 0 Å². The number of anilines is 1. The second-order valence-corrected chi connectivity index (χ2v) is 7.20. The van der Waals surface area contributed by atoms with Crippen LogP contribution in [-0.2, 0) is 17.1 Å². The molecule has 0 spiro atoms. The van der Waals surface area contributed by atoms with Crippen molar-refractivity contribution in [2.45, 2.75) is 23.8 Å². The Morgan fingerprint density at radius 3 is 2.68 bits per heavy atom. The van der Waals surface area contributed by atoms with Gasteiger partial charge in [-0.3, -0.25) is 4.68 Å². The third-order valence-corrected chi connectivity index (χ3v) is 5.56. The lowest BCUT2D eigenvalue weighted by Crippen LogP contribution is -2.42. The molecular weight excluding hydrogens is 304 g/mol. The summed E-state index contributed by atoms with van der Waals surface area (Å²) < 4.78 is 28.0. The fourth-order valence-electron chi connectivity index (χ4n) is 2.51. The van der Waals surface area contributed by atoms with Gasteiger partial charge in [0.15, 0.2) is 0 Å². The van der Waals surface area contributed by atoms with Gasteiger partial charge in [0, 0.05) is 38.6 Å². The minimum atomic E-state index is -3.44. The van der Waals surface area contributed by atoms with Crippen LogP contribution >= 0.6 is 0 Å². The zero-order valence-corrected chi connectivity index (χ0v) is 13.1. The van der Waals surface area contributed by atoms with Crippen molar-refractivity contribution in [3.05, 3.63) is 31.0 Å². The van der Waals surface area contributed by atoms with Crippen LogP contribution in [0.2, 0.25) is 0 Å². The van der Waals surface area contributed by atoms with Crippen molar-refractivity contribution in [1.82, 2.24) is 24.1 Å². The van der Waals surface area contributed by atoms with E-state index in [-0.39, 0.29) is 10.9 Å². The maximum absolute atomic E-state index is 12.5. The Bertz CT molecular complexity index is 722. The first-order valence-corrected chi connectivity index (χ1v) is 8.51. The third-order valence-electron chi connectivity index (χ3n) is 3.71. The van der Waals surface area contributed by atoms with Crippen molar-refractivity contribution in [2.75, 3.05) is 18.4 Å². The molecule has 0 saturated carbocycles. The fraction of sp³-hybridized carbons (Fsp3) is 0.462. The van der Waals surface area contributed by atoms with E-state index in [0.29, 0.717) is 13.1 Å². The van der Waals surface area contributed by atoms with Gasteiger partial charge < -0.3 is 5.32 Å². The number of aromatic nitrogens is 4. The van der Waals surface area contributed by atoms with E-state index in [2.05, 4.69) is 20.4 Å². The Labute approximate surface area is 129 Å². The van der Waals surface area contributed by atoms with Gasteiger partial charge in [-0.1, -0.05) is 0 Å². The Morgan fingerprint density at radius 2 is 2.09 bits per heavy atom. The van der Waals surface area contributed by atoms with Gasteiger partial charge in [-0.05, 0) is 18.9 Å². The third kappa shape index (κ3) is 3.09. The van der Waals surface area contributed by atoms with E-state index < -0.39 is 10.0 Å². The van der Waals surface area contributed by atoms with Crippen molar-refractivity contribution >= 4 is 15.8 Å². The second kappa shape index (κ2) is 6.01. The summed E-state index contributed by atoms with van der Waals surface area (Å²) in [5, 5.41) is 7.24. The predicted molar refractivity (Wildman–Crippen MR) is 80.6 cm³/mol. The number of nitrogens with zero attached hydrogens (tertiary/aromatic N) is 5. The molecule has 1 fully saturated rings. The molecule has 1 aliphatic heterocycles. The van der Waals surface area contributed by atoms with E-state index in [4.69, 9.17) is 0 Å². The summed E-state index contributed by atoms with van der Waals surface area (Å²) in [5.41, 5.74) is 0. The highest BCUT2D eigenvalue weighted by Gasteiger charge is 2.30. The van der Waals surface area contributed by atoms with E-state index >= 15 is 0 Å². The van der Waals surface area contributed by atoms with Gasteiger partial charge >= 0.3 is 0 Å². The van der Waals surface area contributed by atoms with Crippen LogP contribution in [0.1, 0.15) is 12.8 Å². The largest absolute Gasteiger partial charge is 0.367 e. The van der Waals surface area contributed by atoms with Crippen molar-refractivity contribution in [2.24, 2.45) is 7.05 Å². The Morgan fingerprint density at radius 1 is 1.32 bits per heavy atom. The van der Waals surface area contributed by atoms with Crippen LogP contribution in [0.15, 0.2) is 35.9 Å². The molecule has 0 radical (unpaired) electrons. The number of piperidine rings is 1. The van der Waals surface area contributed by atoms with Crippen LogP contribution in [0.3, 0.4) is 0 Å². The predicted octanol–water partition coefficient (Wildman–Crippen LogP) is 0.475. The van der Waals surface area contributed by atoms with E-state index in [1.54, 1.807) is 19.3 Å². The number of sulfonamides is 1. The van der Waals surface area contributed by atoms with Gasteiger partial charge in [0.2, 0.25) is 10.0 Å². The Hall–Kier alpha value is -2.00. The highest BCUT2D eigenvalue weighted by atomic mass is 32.2. The molecule has 2 aromatic heterocycles. The monoisotopic (exact) mass is 322 g/mol. The summed E-state index contributed by atoms with van der Waals surface area (Å²) in [7, 11) is -1.74. The standard InChI is InChI=1S/C13H18N6O2S/c1-18-9-12(8-16-18)22(20,21)19-6-3-11(4-7-19)17-13-2-5-14-10-15-13/h2,5,8-11H,3-4,6-7H2,1H3,(H,14,15,17). The molecule has 1 saturated heterocycles. The summed E-state index contributed by atoms with van der Waals surface area (Å²) >= 11 is 0. The molecule has 0 unspecified atom stereocenters. The number of nitrogens with one attached hydrogen (secondary N) is 1. The van der Waals surface area contributed by atoms with Gasteiger partial charge in [0.05, 0.1) is 6.20 Å². The van der Waals surface area contributed by atoms with E-state index in [0.717, 1.165) is 18.7 Å². The first-order valence-electron chi connectivity index (χ1n) is 7.07. The lowest BCUT2D eigenvalue weighted by molar-refractivity contribution is 0.329. The molecule has 3 rings (SSSR count). The molecule has 2 aromatic rings. The lowest BCUT2D eigenvalue weighted by Gasteiger charge is -2.31. The van der Waals surface area contributed by atoms with Gasteiger partial charge in [0.25, 0.3) is 0 Å². The Balaban J connectivity index is 1.62. The van der Waals surface area contributed by atoms with Crippen molar-refractivity contribution < 1.29 is 8.42 Å². The molecule has 0 amide bonds. The summed E-state index contributed by atoms with van der Waals surface area (Å²) in [6.07, 6.45) is 7.57. The zero-order valence-electron chi connectivity index (χ0n) is 12.3. The smallest absolute Gasteiger partial charge is 0.246 e. The summed E-state index contributed by atoms with van der Waals surface area (Å²) in [5.74, 6) is 0.767. The summed E-state index contributed by atoms with van der Waals surface area (Å²) in [6.45, 7) is 0.972. The van der Waals surface area contributed by atoms with E-state index in [1.807, 2.05) is 0 Å². The summed E-state index contributed by atoms with van der Waals surface area (Å²) in [6, 6.07) is 2.02. The zero-order chi connectivity index (χ0) is 15.6. The molecule has 8 nitrogen and oxygen atoms in total. The molecule has 0 atom stereocenters. The van der Waals surface area contributed by atoms with Crippen LogP contribution in [-0.4, -0.2) is 51.6 Å². The maximum atomic E-state index is 12.5. The fourth-order valence-corrected chi connectivity index (χ4v) is 3.96. The molecule has 3 heterocycles. The molecule has 22 heavy (non-hydrogen) atoms. The molecule has 0 aromatic carbocycles. The average molecular weight is 322 g/mol. The molecule has 1 N–H and O–H groups in total. The molecule has 118 valence electrons. The molecule has 0 aliphatic carbocycles. The lowest BCUT2D eigenvalue weighted by atomic mass is 10.1. The molecular formula is C13H18N6O2S. The SMILES string of the molecule is Cn1cc(S(=O)(=O)N2CCC(Nc3ccncn3)CC2)cn1. The maximum Gasteiger partial charge on any atom is 0.246 e. The van der Waals surface area contributed by atoms with E-state index in [9.17, 15) is 8.42 Å². The normalized spacial score (nSPS) is 17.5. The minimum absolute atomic E-state index is 0.218. The number of aryl methyl sites for hydroxylation is 1. The van der Waals surface area contributed by atoms with Crippen molar-refractivity contribution in [1.29, 1.82) is 0 Å². The van der Waals surface area contributed by atoms with Gasteiger partial charge in [-0.15, -0.1) is 0 Å². The molecule has 9 heteroatoms. The minimum Gasteiger partial charge on any atom is -0.367 e. The molecule has 1 aliphatic rings. The topological polar surface area (TPSA) is 93.0 Å². The quantitative estimate of drug-likeness (QED) is 0.880. The van der Waals surface area contributed by atoms with Crippen LogP contribution in [0, 0.1) is 0 Å². The highest BCUT2D eigenvalue weighted by molar-refractivity contribution is 7.89. The number of rotatable bonds is 4. The summed E-state index contributed by atoms with van der Waals surface area (Å²) in [4.78, 5) is 8.25. The van der Waals surface area contributed by atoms with Crippen LogP contribution in [0.5, 0.6) is 0 Å². The average Bonchev–Trinajstić information content (AvgIpc) is 2.96. The molecule has 0 bridgehead atoms. The number of hydrogen-bond donors (Lipinski definition) is 1. The van der Waals surface area contributed by atoms with E-state index in [1.165, 1.54) is 27.7 Å². The van der Waals surface area contributed by atoms with Gasteiger partial charge in [0.1, 0.15) is 17.0 Å². The van der Waals surface area contributed by atoms with Gasteiger partial charge in [-0.25, -0.2) is 18.4 Å². The van der Waals surface area contributed by atoms with Crippen LogP contribution < -0.4 is 5.32 Å². The second-order valence-electron chi connectivity index (χ2n) is 5.27. The first-order chi connectivity index (χ1) is 10.6. The number of hydrogen-bond acceptors (Lipinski definition) is 6. The van der Waals surface area contributed by atoms with Crippen LogP contribution in [0.4, 0.5) is 5.82 Å². The Kier molecular flexibility index (Phi) is 4.08. The van der Waals surface area contributed by atoms with Crippen molar-refractivity contribution in [3.63, 3.8) is 0 Å².